The molecule has 1 amide bonds. The van der Waals surface area contributed by atoms with Gasteiger partial charge in [0.1, 0.15) is 36.6 Å². The van der Waals surface area contributed by atoms with Crippen LogP contribution in [-0.4, -0.2) is 102 Å². The highest BCUT2D eigenvalue weighted by molar-refractivity contribution is 5.76. The quantitative estimate of drug-likeness (QED) is 0.106. The zero-order valence-electron chi connectivity index (χ0n) is 26.6. The van der Waals surface area contributed by atoms with E-state index in [1.807, 2.05) is 0 Å². The lowest BCUT2D eigenvalue weighted by Gasteiger charge is -2.40. The van der Waals surface area contributed by atoms with Crippen LogP contribution in [0.4, 0.5) is 0 Å². The molecule has 0 radical (unpaired) electrons. The van der Waals surface area contributed by atoms with Gasteiger partial charge >= 0.3 is 0 Å². The summed E-state index contributed by atoms with van der Waals surface area (Å²) < 4.78 is 12.7. The van der Waals surface area contributed by atoms with E-state index in [0.29, 0.717) is 18.5 Å². The SMILES string of the molecule is CCCCCCC(=O)N[C@@H](CO[C@H]1O[C@H](CO)[C@H](O)[C@H](O)[C@H]1O)[C@H](O)[C@H](O)c1cnn(CCCCCCc2ccc(C)cc2)c1. The molecular formula is C33H53N3O9. The molecule has 1 aromatic heterocycles. The van der Waals surface area contributed by atoms with Gasteiger partial charge in [0.25, 0.3) is 0 Å². The van der Waals surface area contributed by atoms with Crippen LogP contribution in [-0.2, 0) is 27.2 Å². The Morgan fingerprint density at radius 2 is 1.71 bits per heavy atom. The molecule has 1 aliphatic heterocycles. The molecule has 0 bridgehead atoms. The minimum Gasteiger partial charge on any atom is -0.394 e. The van der Waals surface area contributed by atoms with Crippen molar-refractivity contribution in [3.05, 3.63) is 53.3 Å². The zero-order chi connectivity index (χ0) is 32.8. The van der Waals surface area contributed by atoms with E-state index in [2.05, 4.69) is 48.5 Å². The Labute approximate surface area is 266 Å². The number of hydrogen-bond acceptors (Lipinski definition) is 10. The van der Waals surface area contributed by atoms with E-state index in [-0.39, 0.29) is 12.3 Å². The average molecular weight is 636 g/mol. The number of aliphatic hydroxyl groups excluding tert-OH is 6. The number of nitrogens with zero attached hydrogens (tertiary/aromatic N) is 2. The van der Waals surface area contributed by atoms with E-state index in [1.165, 1.54) is 17.3 Å². The van der Waals surface area contributed by atoms with Gasteiger partial charge < -0.3 is 45.4 Å². The summed E-state index contributed by atoms with van der Waals surface area (Å²) >= 11 is 0. The predicted molar refractivity (Wildman–Crippen MR) is 167 cm³/mol. The van der Waals surface area contributed by atoms with Crippen LogP contribution >= 0.6 is 0 Å². The molecule has 12 heteroatoms. The number of aromatic nitrogens is 2. The van der Waals surface area contributed by atoms with Gasteiger partial charge in [0.05, 0.1) is 25.5 Å². The molecule has 3 rings (SSSR count). The Kier molecular flexibility index (Phi) is 15.9. The molecule has 0 saturated carbocycles. The van der Waals surface area contributed by atoms with E-state index < -0.39 is 62.2 Å². The first-order valence-electron chi connectivity index (χ1n) is 16.3. The predicted octanol–water partition coefficient (Wildman–Crippen LogP) is 1.66. The lowest BCUT2D eigenvalue weighted by atomic mass is 9.99. The lowest BCUT2D eigenvalue weighted by molar-refractivity contribution is -0.303. The Bertz CT molecular complexity index is 1110. The van der Waals surface area contributed by atoms with Gasteiger partial charge in [-0.3, -0.25) is 9.48 Å². The minimum absolute atomic E-state index is 0.225. The molecule has 1 aromatic carbocycles. The first kappa shape index (κ1) is 37.0. The number of benzene rings is 1. The summed E-state index contributed by atoms with van der Waals surface area (Å²) in [5.74, 6) is -0.335. The third-order valence-corrected chi connectivity index (χ3v) is 8.35. The lowest BCUT2D eigenvalue weighted by Crippen LogP contribution is -2.60. The Morgan fingerprint density at radius 1 is 1.00 bits per heavy atom. The van der Waals surface area contributed by atoms with Crippen LogP contribution in [0.2, 0.25) is 0 Å². The summed E-state index contributed by atoms with van der Waals surface area (Å²) in [6.45, 7) is 3.80. The van der Waals surface area contributed by atoms with Crippen LogP contribution in [0.25, 0.3) is 0 Å². The summed E-state index contributed by atoms with van der Waals surface area (Å²) in [6.07, 6.45) is 1.77. The minimum atomic E-state index is -1.64. The van der Waals surface area contributed by atoms with Crippen LogP contribution in [0.3, 0.4) is 0 Å². The Balaban J connectivity index is 1.54. The van der Waals surface area contributed by atoms with Crippen molar-refractivity contribution in [3.63, 3.8) is 0 Å². The number of unbranched alkanes of at least 4 members (excludes halogenated alkanes) is 6. The van der Waals surface area contributed by atoms with Crippen molar-refractivity contribution in [2.45, 2.75) is 134 Å². The summed E-state index contributed by atoms with van der Waals surface area (Å²) in [7, 11) is 0. The topological polar surface area (TPSA) is 187 Å². The van der Waals surface area contributed by atoms with Gasteiger partial charge in [-0.2, -0.15) is 5.10 Å². The first-order chi connectivity index (χ1) is 21.6. The van der Waals surface area contributed by atoms with Crippen molar-refractivity contribution >= 4 is 5.91 Å². The smallest absolute Gasteiger partial charge is 0.220 e. The van der Waals surface area contributed by atoms with Crippen LogP contribution in [0.5, 0.6) is 0 Å². The second-order valence-electron chi connectivity index (χ2n) is 12.1. The molecule has 1 aliphatic rings. The molecule has 0 spiro atoms. The van der Waals surface area contributed by atoms with Gasteiger partial charge in [-0.1, -0.05) is 68.9 Å². The largest absolute Gasteiger partial charge is 0.394 e. The second kappa shape index (κ2) is 19.3. The molecule has 2 heterocycles. The number of nitrogens with one attached hydrogen (secondary N) is 1. The number of carbonyl (C=O) groups excluding carboxylic acids is 1. The number of amides is 1. The van der Waals surface area contributed by atoms with Gasteiger partial charge in [0.2, 0.25) is 5.91 Å². The number of rotatable bonds is 20. The van der Waals surface area contributed by atoms with Gasteiger partial charge in [-0.15, -0.1) is 0 Å². The molecule has 45 heavy (non-hydrogen) atoms. The van der Waals surface area contributed by atoms with Gasteiger partial charge in [-0.25, -0.2) is 0 Å². The highest BCUT2D eigenvalue weighted by Gasteiger charge is 2.44. The van der Waals surface area contributed by atoms with E-state index >= 15 is 0 Å². The van der Waals surface area contributed by atoms with Crippen molar-refractivity contribution in [1.29, 1.82) is 0 Å². The maximum absolute atomic E-state index is 12.7. The first-order valence-corrected chi connectivity index (χ1v) is 16.3. The summed E-state index contributed by atoms with van der Waals surface area (Å²) in [4.78, 5) is 12.7. The van der Waals surface area contributed by atoms with Crippen LogP contribution in [0.15, 0.2) is 36.7 Å². The maximum Gasteiger partial charge on any atom is 0.220 e. The number of ether oxygens (including phenoxy) is 2. The zero-order valence-corrected chi connectivity index (χ0v) is 26.6. The molecule has 0 unspecified atom stereocenters. The van der Waals surface area contributed by atoms with Gasteiger partial charge in [0, 0.05) is 24.7 Å². The van der Waals surface area contributed by atoms with Crippen LogP contribution < -0.4 is 5.32 Å². The average Bonchev–Trinajstić information content (AvgIpc) is 3.51. The molecule has 0 aliphatic carbocycles. The van der Waals surface area contributed by atoms with Gasteiger partial charge in [-0.05, 0) is 38.2 Å². The second-order valence-corrected chi connectivity index (χ2v) is 12.1. The third kappa shape index (κ3) is 11.7. The molecular weight excluding hydrogens is 582 g/mol. The summed E-state index contributed by atoms with van der Waals surface area (Å²) in [5.41, 5.74) is 2.97. The normalized spacial score (nSPS) is 23.9. The molecule has 12 nitrogen and oxygen atoms in total. The van der Waals surface area contributed by atoms with Crippen molar-refractivity contribution in [2.24, 2.45) is 0 Å². The Morgan fingerprint density at radius 3 is 2.42 bits per heavy atom. The Hall–Kier alpha value is -2.42. The fourth-order valence-corrected chi connectivity index (χ4v) is 5.40. The molecule has 8 atom stereocenters. The van der Waals surface area contributed by atoms with E-state index in [4.69, 9.17) is 9.47 Å². The standard InChI is InChI=1S/C33H53N3O9/c1-3-4-5-9-12-27(38)35-25(21-44-33-32(43)31(42)30(41)26(20-37)45-33)29(40)28(39)24-18-34-36(19-24)17-10-7-6-8-11-23-15-13-22(2)14-16-23/h13-16,18-19,25-26,28-33,37,39-43H,3-12,17,20-21H2,1-2H3,(H,35,38)/t25-,26+,28+,29-,30-,31-,32+,33-/m0/s1. The molecule has 1 saturated heterocycles. The molecule has 1 fully saturated rings. The number of aryl methyl sites for hydroxylation is 3. The molecule has 254 valence electrons. The van der Waals surface area contributed by atoms with Crippen LogP contribution in [0.1, 0.15) is 87.5 Å². The molecule has 2 aromatic rings. The monoisotopic (exact) mass is 635 g/mol. The number of hydrogen-bond donors (Lipinski definition) is 7. The van der Waals surface area contributed by atoms with Crippen molar-refractivity contribution in [3.8, 4) is 0 Å². The van der Waals surface area contributed by atoms with Crippen LogP contribution in [0, 0.1) is 6.92 Å². The summed E-state index contributed by atoms with van der Waals surface area (Å²) in [5, 5.41) is 69.2. The number of aliphatic hydroxyl groups is 6. The van der Waals surface area contributed by atoms with Crippen molar-refractivity contribution in [1.82, 2.24) is 15.1 Å². The highest BCUT2D eigenvalue weighted by Crippen LogP contribution is 2.24. The third-order valence-electron chi connectivity index (χ3n) is 8.35. The fourth-order valence-electron chi connectivity index (χ4n) is 5.40. The van der Waals surface area contributed by atoms with E-state index in [9.17, 15) is 35.4 Å². The van der Waals surface area contributed by atoms with Crippen molar-refractivity contribution < 1.29 is 44.9 Å². The van der Waals surface area contributed by atoms with Gasteiger partial charge in [0.15, 0.2) is 6.29 Å². The number of carbonyl (C=O) groups is 1. The molecule has 7 N–H and O–H groups in total. The highest BCUT2D eigenvalue weighted by atomic mass is 16.7. The van der Waals surface area contributed by atoms with Crippen molar-refractivity contribution in [2.75, 3.05) is 13.2 Å². The van der Waals surface area contributed by atoms with E-state index in [0.717, 1.165) is 51.4 Å². The fraction of sp³-hybridized carbons (Fsp3) is 0.697. The maximum atomic E-state index is 12.7. The summed E-state index contributed by atoms with van der Waals surface area (Å²) in [6, 6.07) is 7.50. The van der Waals surface area contributed by atoms with E-state index in [1.54, 1.807) is 10.9 Å².